The molecule has 3 rings (SSSR count). The second-order valence-electron chi connectivity index (χ2n) is 5.94. The summed E-state index contributed by atoms with van der Waals surface area (Å²) < 4.78 is 26.3. The van der Waals surface area contributed by atoms with Gasteiger partial charge >= 0.3 is 0 Å². The molecule has 0 aliphatic heterocycles. The molecule has 114 valence electrons. The average Bonchev–Trinajstić information content (AvgIpc) is 2.58. The van der Waals surface area contributed by atoms with E-state index < -0.39 is 11.6 Å². The van der Waals surface area contributed by atoms with E-state index in [1.165, 1.54) is 17.7 Å². The van der Waals surface area contributed by atoms with Crippen LogP contribution in [0.1, 0.15) is 37.2 Å². The lowest BCUT2D eigenvalue weighted by atomic mass is 9.81. The molecular formula is C19H19F2N. The van der Waals surface area contributed by atoms with E-state index in [9.17, 15) is 8.78 Å². The molecule has 0 bridgehead atoms. The van der Waals surface area contributed by atoms with Gasteiger partial charge in [0, 0.05) is 6.04 Å². The van der Waals surface area contributed by atoms with Crippen LogP contribution in [0.3, 0.4) is 0 Å². The van der Waals surface area contributed by atoms with Gasteiger partial charge in [-0.3, -0.25) is 4.99 Å². The van der Waals surface area contributed by atoms with Crippen LogP contribution in [-0.4, -0.2) is 12.8 Å². The minimum absolute atomic E-state index is 0.415. The van der Waals surface area contributed by atoms with Crippen molar-refractivity contribution in [2.45, 2.75) is 37.6 Å². The zero-order valence-electron chi connectivity index (χ0n) is 12.4. The highest BCUT2D eigenvalue weighted by atomic mass is 19.2. The first-order valence-electron chi connectivity index (χ1n) is 7.68. The first kappa shape index (κ1) is 14.9. The maximum atomic E-state index is 13.3. The molecular weight excluding hydrogens is 280 g/mol. The fourth-order valence-electron chi connectivity index (χ4n) is 3.22. The molecule has 2 aromatic rings. The molecule has 1 nitrogen and oxygen atoms in total. The van der Waals surface area contributed by atoms with Gasteiger partial charge in [-0.25, -0.2) is 8.78 Å². The lowest BCUT2D eigenvalue weighted by molar-refractivity contribution is 0.398. The molecule has 0 aromatic heterocycles. The molecule has 2 aromatic carbocycles. The Hall–Kier alpha value is -2.03. The smallest absolute Gasteiger partial charge is 0.159 e. The molecule has 1 aliphatic rings. The molecule has 0 unspecified atom stereocenters. The predicted molar refractivity (Wildman–Crippen MR) is 86.3 cm³/mol. The Morgan fingerprint density at radius 1 is 0.818 bits per heavy atom. The SMILES string of the molecule is C=NC1CCC(c2ccc(-c3ccc(F)c(F)c3)cc2)CC1. The van der Waals surface area contributed by atoms with E-state index in [-0.39, 0.29) is 0 Å². The van der Waals surface area contributed by atoms with Crippen LogP contribution in [0.15, 0.2) is 47.5 Å². The quantitative estimate of drug-likeness (QED) is 0.677. The number of hydrogen-bond donors (Lipinski definition) is 0. The molecule has 0 heterocycles. The molecule has 0 amide bonds. The van der Waals surface area contributed by atoms with Crippen molar-refractivity contribution in [3.8, 4) is 11.1 Å². The van der Waals surface area contributed by atoms with Gasteiger partial charge < -0.3 is 0 Å². The van der Waals surface area contributed by atoms with Gasteiger partial charge in [0.1, 0.15) is 0 Å². The van der Waals surface area contributed by atoms with Crippen molar-refractivity contribution in [3.05, 3.63) is 59.7 Å². The fourth-order valence-corrected chi connectivity index (χ4v) is 3.22. The molecule has 0 radical (unpaired) electrons. The Morgan fingerprint density at radius 3 is 2.05 bits per heavy atom. The van der Waals surface area contributed by atoms with Gasteiger partial charge in [0.25, 0.3) is 0 Å². The van der Waals surface area contributed by atoms with Crippen LogP contribution in [0, 0.1) is 11.6 Å². The van der Waals surface area contributed by atoms with E-state index in [0.717, 1.165) is 31.2 Å². The first-order chi connectivity index (χ1) is 10.7. The van der Waals surface area contributed by atoms with E-state index in [4.69, 9.17) is 0 Å². The lowest BCUT2D eigenvalue weighted by Gasteiger charge is -2.26. The minimum atomic E-state index is -0.812. The van der Waals surface area contributed by atoms with Crippen LogP contribution in [0.25, 0.3) is 11.1 Å². The van der Waals surface area contributed by atoms with Gasteiger partial charge in [-0.1, -0.05) is 30.3 Å². The third-order valence-corrected chi connectivity index (χ3v) is 4.59. The van der Waals surface area contributed by atoms with Crippen molar-refractivity contribution >= 4 is 6.72 Å². The predicted octanol–water partition coefficient (Wildman–Crippen LogP) is 5.36. The number of aliphatic imine (C=N–C) groups is 1. The minimum Gasteiger partial charge on any atom is -0.298 e. The summed E-state index contributed by atoms with van der Waals surface area (Å²) in [5, 5.41) is 0. The van der Waals surface area contributed by atoms with E-state index in [0.29, 0.717) is 17.5 Å². The molecule has 1 saturated carbocycles. The zero-order chi connectivity index (χ0) is 15.5. The molecule has 0 spiro atoms. The molecule has 0 N–H and O–H groups in total. The summed E-state index contributed by atoms with van der Waals surface area (Å²) in [4.78, 5) is 4.13. The van der Waals surface area contributed by atoms with Crippen molar-refractivity contribution < 1.29 is 8.78 Å². The fraction of sp³-hybridized carbons (Fsp3) is 0.316. The van der Waals surface area contributed by atoms with Crippen LogP contribution < -0.4 is 0 Å². The average molecular weight is 299 g/mol. The van der Waals surface area contributed by atoms with Crippen molar-refractivity contribution in [2.24, 2.45) is 4.99 Å². The largest absolute Gasteiger partial charge is 0.298 e. The number of rotatable bonds is 3. The second kappa shape index (κ2) is 6.39. The Bertz CT molecular complexity index is 656. The summed E-state index contributed by atoms with van der Waals surface area (Å²) in [5.74, 6) is -1.05. The van der Waals surface area contributed by atoms with Crippen LogP contribution in [0.2, 0.25) is 0 Å². The van der Waals surface area contributed by atoms with E-state index in [1.54, 1.807) is 6.07 Å². The Balaban J connectivity index is 1.75. The second-order valence-corrected chi connectivity index (χ2v) is 5.94. The summed E-state index contributed by atoms with van der Waals surface area (Å²) in [6.07, 6.45) is 4.46. The summed E-state index contributed by atoms with van der Waals surface area (Å²) in [7, 11) is 0. The maximum absolute atomic E-state index is 13.3. The maximum Gasteiger partial charge on any atom is 0.159 e. The third kappa shape index (κ3) is 3.08. The summed E-state index contributed by atoms with van der Waals surface area (Å²) in [6.45, 7) is 3.63. The van der Waals surface area contributed by atoms with E-state index >= 15 is 0 Å². The van der Waals surface area contributed by atoms with Crippen LogP contribution in [0.4, 0.5) is 8.78 Å². The van der Waals surface area contributed by atoms with Crippen molar-refractivity contribution in [1.82, 2.24) is 0 Å². The number of nitrogens with zero attached hydrogens (tertiary/aromatic N) is 1. The van der Waals surface area contributed by atoms with Crippen LogP contribution >= 0.6 is 0 Å². The lowest BCUT2D eigenvalue weighted by Crippen LogP contribution is -2.15. The van der Waals surface area contributed by atoms with Gasteiger partial charge in [-0.05, 0) is 67.1 Å². The third-order valence-electron chi connectivity index (χ3n) is 4.59. The highest BCUT2D eigenvalue weighted by molar-refractivity contribution is 5.63. The molecule has 1 fully saturated rings. The first-order valence-corrected chi connectivity index (χ1v) is 7.68. The number of hydrogen-bond acceptors (Lipinski definition) is 1. The van der Waals surface area contributed by atoms with Gasteiger partial charge in [-0.15, -0.1) is 0 Å². The van der Waals surface area contributed by atoms with Gasteiger partial charge in [0.2, 0.25) is 0 Å². The molecule has 1 aliphatic carbocycles. The summed E-state index contributed by atoms with van der Waals surface area (Å²) in [5.41, 5.74) is 2.92. The van der Waals surface area contributed by atoms with E-state index in [1.807, 2.05) is 12.1 Å². The highest BCUT2D eigenvalue weighted by Gasteiger charge is 2.21. The Labute approximate surface area is 129 Å². The van der Waals surface area contributed by atoms with Gasteiger partial charge in [0.05, 0.1) is 0 Å². The Morgan fingerprint density at radius 2 is 1.45 bits per heavy atom. The van der Waals surface area contributed by atoms with Crippen molar-refractivity contribution in [3.63, 3.8) is 0 Å². The zero-order valence-corrected chi connectivity index (χ0v) is 12.4. The van der Waals surface area contributed by atoms with Crippen LogP contribution in [-0.2, 0) is 0 Å². The molecule has 0 atom stereocenters. The van der Waals surface area contributed by atoms with E-state index in [2.05, 4.69) is 23.8 Å². The number of halogens is 2. The Kier molecular flexibility index (Phi) is 4.32. The van der Waals surface area contributed by atoms with Crippen molar-refractivity contribution in [1.29, 1.82) is 0 Å². The molecule has 0 saturated heterocycles. The summed E-state index contributed by atoms with van der Waals surface area (Å²) in [6, 6.07) is 12.6. The van der Waals surface area contributed by atoms with Gasteiger partial charge in [0.15, 0.2) is 11.6 Å². The molecule has 22 heavy (non-hydrogen) atoms. The summed E-state index contributed by atoms with van der Waals surface area (Å²) >= 11 is 0. The molecule has 3 heteroatoms. The monoisotopic (exact) mass is 299 g/mol. The van der Waals surface area contributed by atoms with Crippen LogP contribution in [0.5, 0.6) is 0 Å². The standard InChI is InChI=1S/C19H19F2N/c1-22-17-9-6-14(7-10-17)13-2-4-15(5-3-13)16-8-11-18(20)19(21)12-16/h2-5,8,11-12,14,17H,1,6-7,9-10H2. The number of benzene rings is 2. The van der Waals surface area contributed by atoms with Crippen molar-refractivity contribution in [2.75, 3.05) is 0 Å². The topological polar surface area (TPSA) is 12.4 Å². The normalized spacial score (nSPS) is 21.5. The highest BCUT2D eigenvalue weighted by Crippen LogP contribution is 2.34. The van der Waals surface area contributed by atoms with Gasteiger partial charge in [-0.2, -0.15) is 0 Å².